The standard InChI is InChI=1S/C29H31N3O5/c1-30-27(35)23-11-6-5-10-22(23)20-15-13-19(14-16-20)18-31-28(36)25(33)26(34)29(37)32-17-7-12-24(32)21-8-3-2-4-9-21/h2-6,8-11,13-16,24-26,33-34H,7,12,17-18H2,1H3,(H,30,35)(H,31,36)/t24-,25-,26-/m1/s1. The van der Waals surface area contributed by atoms with E-state index in [0.717, 1.165) is 35.1 Å². The summed E-state index contributed by atoms with van der Waals surface area (Å²) in [6, 6.07) is 23.9. The van der Waals surface area contributed by atoms with Crippen molar-refractivity contribution in [2.45, 2.75) is 37.6 Å². The van der Waals surface area contributed by atoms with Crippen LogP contribution in [-0.4, -0.2) is 58.6 Å². The first-order valence-corrected chi connectivity index (χ1v) is 12.3. The molecule has 0 bridgehead atoms. The zero-order valence-electron chi connectivity index (χ0n) is 20.6. The van der Waals surface area contributed by atoms with Gasteiger partial charge in [-0.1, -0.05) is 72.8 Å². The average molecular weight is 502 g/mol. The quantitative estimate of drug-likeness (QED) is 0.378. The van der Waals surface area contributed by atoms with E-state index in [4.69, 9.17) is 0 Å². The fourth-order valence-corrected chi connectivity index (χ4v) is 4.66. The lowest BCUT2D eigenvalue weighted by Crippen LogP contribution is -2.50. The molecule has 3 aromatic rings. The first-order chi connectivity index (χ1) is 17.9. The number of rotatable bonds is 8. The molecule has 0 aromatic heterocycles. The van der Waals surface area contributed by atoms with E-state index in [9.17, 15) is 24.6 Å². The van der Waals surface area contributed by atoms with Gasteiger partial charge in [0.2, 0.25) is 0 Å². The Balaban J connectivity index is 1.36. The van der Waals surface area contributed by atoms with Gasteiger partial charge in [0.25, 0.3) is 17.7 Å². The molecule has 0 radical (unpaired) electrons. The first-order valence-electron chi connectivity index (χ1n) is 12.3. The molecule has 0 aliphatic carbocycles. The van der Waals surface area contributed by atoms with Crippen molar-refractivity contribution in [3.8, 4) is 11.1 Å². The van der Waals surface area contributed by atoms with Crippen LogP contribution in [-0.2, 0) is 16.1 Å². The van der Waals surface area contributed by atoms with Crippen LogP contribution in [0.5, 0.6) is 0 Å². The van der Waals surface area contributed by atoms with Gasteiger partial charge in [-0.25, -0.2) is 0 Å². The predicted octanol–water partition coefficient (Wildman–Crippen LogP) is 2.41. The van der Waals surface area contributed by atoms with E-state index in [1.165, 1.54) is 4.90 Å². The first kappa shape index (κ1) is 26.1. The minimum Gasteiger partial charge on any atom is -0.380 e. The van der Waals surface area contributed by atoms with E-state index >= 15 is 0 Å². The largest absolute Gasteiger partial charge is 0.380 e. The molecule has 0 saturated carbocycles. The summed E-state index contributed by atoms with van der Waals surface area (Å²) in [5.74, 6) is -1.67. The Morgan fingerprint density at radius 1 is 0.919 bits per heavy atom. The number of likely N-dealkylation sites (tertiary alicyclic amines) is 1. The van der Waals surface area contributed by atoms with E-state index in [2.05, 4.69) is 10.6 Å². The lowest BCUT2D eigenvalue weighted by Gasteiger charge is -2.28. The summed E-state index contributed by atoms with van der Waals surface area (Å²) in [6.07, 6.45) is -2.20. The van der Waals surface area contributed by atoms with Crippen LogP contribution in [0.4, 0.5) is 0 Å². The number of aliphatic hydroxyl groups is 2. The Labute approximate surface area is 215 Å². The molecule has 0 spiro atoms. The van der Waals surface area contributed by atoms with Crippen LogP contribution < -0.4 is 10.6 Å². The van der Waals surface area contributed by atoms with Crippen molar-refractivity contribution >= 4 is 17.7 Å². The molecule has 1 saturated heterocycles. The molecule has 0 unspecified atom stereocenters. The lowest BCUT2D eigenvalue weighted by molar-refractivity contribution is -0.153. The second-order valence-electron chi connectivity index (χ2n) is 9.03. The SMILES string of the molecule is CNC(=O)c1ccccc1-c1ccc(CNC(=O)[C@H](O)[C@@H](O)C(=O)N2CCC[C@@H]2c2ccccc2)cc1. The third-order valence-electron chi connectivity index (χ3n) is 6.67. The van der Waals surface area contributed by atoms with Crippen LogP contribution in [0.1, 0.15) is 40.4 Å². The molecular weight excluding hydrogens is 470 g/mol. The maximum absolute atomic E-state index is 12.9. The van der Waals surface area contributed by atoms with Crippen molar-refractivity contribution in [2.24, 2.45) is 0 Å². The van der Waals surface area contributed by atoms with E-state index in [0.29, 0.717) is 12.1 Å². The van der Waals surface area contributed by atoms with Crippen LogP contribution in [0.2, 0.25) is 0 Å². The number of amides is 3. The van der Waals surface area contributed by atoms with Crippen molar-refractivity contribution < 1.29 is 24.6 Å². The van der Waals surface area contributed by atoms with Gasteiger partial charge < -0.3 is 25.7 Å². The highest BCUT2D eigenvalue weighted by atomic mass is 16.3. The van der Waals surface area contributed by atoms with Crippen LogP contribution in [0, 0.1) is 0 Å². The van der Waals surface area contributed by atoms with Gasteiger partial charge in [0, 0.05) is 25.7 Å². The molecule has 1 aliphatic rings. The third-order valence-corrected chi connectivity index (χ3v) is 6.67. The third kappa shape index (κ3) is 5.87. The van der Waals surface area contributed by atoms with E-state index < -0.39 is 24.0 Å². The molecule has 1 aliphatic heterocycles. The summed E-state index contributed by atoms with van der Waals surface area (Å²) in [6.45, 7) is 0.559. The second kappa shape index (κ2) is 11.8. The predicted molar refractivity (Wildman–Crippen MR) is 139 cm³/mol. The van der Waals surface area contributed by atoms with Crippen molar-refractivity contribution in [1.82, 2.24) is 15.5 Å². The van der Waals surface area contributed by atoms with Crippen molar-refractivity contribution in [3.05, 3.63) is 95.6 Å². The minimum absolute atomic E-state index is 0.102. The lowest BCUT2D eigenvalue weighted by atomic mass is 9.98. The highest BCUT2D eigenvalue weighted by molar-refractivity contribution is 6.00. The van der Waals surface area contributed by atoms with Gasteiger partial charge in [-0.05, 0) is 41.2 Å². The maximum Gasteiger partial charge on any atom is 0.255 e. The summed E-state index contributed by atoms with van der Waals surface area (Å²) >= 11 is 0. The molecule has 8 nitrogen and oxygen atoms in total. The summed E-state index contributed by atoms with van der Waals surface area (Å²) < 4.78 is 0. The molecule has 192 valence electrons. The number of nitrogens with zero attached hydrogens (tertiary/aromatic N) is 1. The molecule has 1 heterocycles. The van der Waals surface area contributed by atoms with Crippen molar-refractivity contribution in [3.63, 3.8) is 0 Å². The minimum atomic E-state index is -1.89. The van der Waals surface area contributed by atoms with Gasteiger partial charge in [-0.3, -0.25) is 14.4 Å². The zero-order chi connectivity index (χ0) is 26.4. The van der Waals surface area contributed by atoms with Gasteiger partial charge in [-0.2, -0.15) is 0 Å². The number of hydrogen-bond acceptors (Lipinski definition) is 5. The Kier molecular flexibility index (Phi) is 8.32. The van der Waals surface area contributed by atoms with Crippen LogP contribution in [0.25, 0.3) is 11.1 Å². The van der Waals surface area contributed by atoms with Gasteiger partial charge in [0.15, 0.2) is 12.2 Å². The topological polar surface area (TPSA) is 119 Å². The number of carbonyl (C=O) groups excluding carboxylic acids is 3. The number of hydrogen-bond donors (Lipinski definition) is 4. The van der Waals surface area contributed by atoms with E-state index in [1.807, 2.05) is 54.6 Å². The zero-order valence-corrected chi connectivity index (χ0v) is 20.6. The Bertz CT molecular complexity index is 1250. The number of nitrogens with one attached hydrogen (secondary N) is 2. The number of carbonyl (C=O) groups is 3. The molecule has 8 heteroatoms. The molecular formula is C29H31N3O5. The van der Waals surface area contributed by atoms with Crippen LogP contribution >= 0.6 is 0 Å². The molecule has 4 rings (SSSR count). The summed E-state index contributed by atoms with van der Waals surface area (Å²) in [5.41, 5.74) is 3.89. The average Bonchev–Trinajstić information content (AvgIpc) is 3.45. The molecule has 3 aromatic carbocycles. The molecule has 4 N–H and O–H groups in total. The smallest absolute Gasteiger partial charge is 0.255 e. The van der Waals surface area contributed by atoms with Gasteiger partial charge in [0.05, 0.1) is 6.04 Å². The van der Waals surface area contributed by atoms with Gasteiger partial charge >= 0.3 is 0 Å². The Morgan fingerprint density at radius 3 is 2.30 bits per heavy atom. The van der Waals surface area contributed by atoms with Crippen molar-refractivity contribution in [2.75, 3.05) is 13.6 Å². The molecule has 1 fully saturated rings. The van der Waals surface area contributed by atoms with Crippen LogP contribution in [0.3, 0.4) is 0 Å². The summed E-state index contributed by atoms with van der Waals surface area (Å²) in [5, 5.41) is 26.1. The highest BCUT2D eigenvalue weighted by Crippen LogP contribution is 2.32. The molecule has 37 heavy (non-hydrogen) atoms. The summed E-state index contributed by atoms with van der Waals surface area (Å²) in [4.78, 5) is 39.2. The Hall–Kier alpha value is -4.01. The number of benzene rings is 3. The molecule has 3 atom stereocenters. The maximum atomic E-state index is 12.9. The van der Waals surface area contributed by atoms with Gasteiger partial charge in [-0.15, -0.1) is 0 Å². The van der Waals surface area contributed by atoms with E-state index in [1.54, 1.807) is 31.3 Å². The van der Waals surface area contributed by atoms with Crippen LogP contribution in [0.15, 0.2) is 78.9 Å². The fourth-order valence-electron chi connectivity index (χ4n) is 4.66. The van der Waals surface area contributed by atoms with Gasteiger partial charge in [0.1, 0.15) is 0 Å². The van der Waals surface area contributed by atoms with E-state index in [-0.39, 0.29) is 18.5 Å². The monoisotopic (exact) mass is 501 g/mol. The second-order valence-corrected chi connectivity index (χ2v) is 9.03. The normalized spacial score (nSPS) is 16.6. The Morgan fingerprint density at radius 2 is 1.59 bits per heavy atom. The van der Waals surface area contributed by atoms with Crippen molar-refractivity contribution in [1.29, 1.82) is 0 Å². The number of aliphatic hydroxyl groups excluding tert-OH is 2. The molecule has 3 amide bonds. The summed E-state index contributed by atoms with van der Waals surface area (Å²) in [7, 11) is 1.58. The fraction of sp³-hybridized carbons (Fsp3) is 0.276. The highest BCUT2D eigenvalue weighted by Gasteiger charge is 2.38.